The van der Waals surface area contributed by atoms with Gasteiger partial charge in [0.05, 0.1) is 28.0 Å². The largest absolute Gasteiger partial charge is 0.375 e. The Morgan fingerprint density at radius 2 is 2.31 bits per heavy atom. The highest BCUT2D eigenvalue weighted by molar-refractivity contribution is 7.07. The molecule has 1 aromatic carbocycles. The van der Waals surface area contributed by atoms with E-state index in [-0.39, 0.29) is 11.1 Å². The highest BCUT2D eigenvalue weighted by atomic mass is 35.5. The standard InChI is InChI=1S/C11H10ClFN2S/c1-7(10-5-16-6-14-10)15-9-4-2-3-8(12)11(9)13/h2-7,15H,1H3. The number of thiazole rings is 1. The lowest BCUT2D eigenvalue weighted by molar-refractivity contribution is 0.627. The van der Waals surface area contributed by atoms with Crippen LogP contribution < -0.4 is 5.32 Å². The number of benzene rings is 1. The molecule has 0 saturated carbocycles. The molecule has 2 nitrogen and oxygen atoms in total. The number of nitrogens with one attached hydrogen (secondary N) is 1. The van der Waals surface area contributed by atoms with Crippen molar-refractivity contribution in [1.82, 2.24) is 4.98 Å². The van der Waals surface area contributed by atoms with Gasteiger partial charge in [0, 0.05) is 5.38 Å². The van der Waals surface area contributed by atoms with Gasteiger partial charge < -0.3 is 5.32 Å². The average molecular weight is 257 g/mol. The van der Waals surface area contributed by atoms with Crippen LogP contribution in [0.4, 0.5) is 10.1 Å². The molecule has 1 N–H and O–H groups in total. The van der Waals surface area contributed by atoms with E-state index in [1.54, 1.807) is 17.6 Å². The summed E-state index contributed by atoms with van der Waals surface area (Å²) in [7, 11) is 0. The molecule has 0 aliphatic heterocycles. The topological polar surface area (TPSA) is 24.9 Å². The normalized spacial score (nSPS) is 12.4. The SMILES string of the molecule is CC(Nc1cccc(Cl)c1F)c1cscn1. The fraction of sp³-hybridized carbons (Fsp3) is 0.182. The lowest BCUT2D eigenvalue weighted by Crippen LogP contribution is -2.08. The fourth-order valence-corrected chi connectivity index (χ4v) is 2.18. The van der Waals surface area contributed by atoms with E-state index in [1.807, 2.05) is 12.3 Å². The van der Waals surface area contributed by atoms with Crippen molar-refractivity contribution in [2.75, 3.05) is 5.32 Å². The third kappa shape index (κ3) is 2.33. The van der Waals surface area contributed by atoms with E-state index in [0.29, 0.717) is 5.69 Å². The van der Waals surface area contributed by atoms with Crippen LogP contribution >= 0.6 is 22.9 Å². The maximum atomic E-state index is 13.6. The zero-order chi connectivity index (χ0) is 11.5. The zero-order valence-corrected chi connectivity index (χ0v) is 10.1. The Hall–Kier alpha value is -1.13. The second kappa shape index (κ2) is 4.80. The third-order valence-corrected chi connectivity index (χ3v) is 3.12. The van der Waals surface area contributed by atoms with Gasteiger partial charge in [0.15, 0.2) is 5.82 Å². The van der Waals surface area contributed by atoms with Crippen LogP contribution in [0.2, 0.25) is 5.02 Å². The Bertz CT molecular complexity index is 473. The van der Waals surface area contributed by atoms with Gasteiger partial charge in [0.1, 0.15) is 0 Å². The van der Waals surface area contributed by atoms with Gasteiger partial charge >= 0.3 is 0 Å². The molecule has 2 rings (SSSR count). The van der Waals surface area contributed by atoms with Crippen molar-refractivity contribution in [1.29, 1.82) is 0 Å². The van der Waals surface area contributed by atoms with Gasteiger partial charge in [-0.2, -0.15) is 0 Å². The summed E-state index contributed by atoms with van der Waals surface area (Å²) in [5.74, 6) is -0.425. The molecule has 1 aromatic heterocycles. The van der Waals surface area contributed by atoms with Gasteiger partial charge in [0.25, 0.3) is 0 Å². The summed E-state index contributed by atoms with van der Waals surface area (Å²) in [6, 6.07) is 4.85. The number of nitrogens with zero attached hydrogens (tertiary/aromatic N) is 1. The Labute approximate surface area is 102 Å². The number of hydrogen-bond donors (Lipinski definition) is 1. The van der Waals surface area contributed by atoms with Crippen molar-refractivity contribution in [3.63, 3.8) is 0 Å². The molecule has 0 radical (unpaired) electrons. The van der Waals surface area contributed by atoms with Gasteiger partial charge in [-0.3, -0.25) is 0 Å². The van der Waals surface area contributed by atoms with Gasteiger partial charge in [-0.15, -0.1) is 11.3 Å². The molecule has 1 unspecified atom stereocenters. The minimum Gasteiger partial charge on any atom is -0.375 e. The summed E-state index contributed by atoms with van der Waals surface area (Å²) in [4.78, 5) is 4.16. The maximum Gasteiger partial charge on any atom is 0.164 e. The Morgan fingerprint density at radius 3 is 3.00 bits per heavy atom. The van der Waals surface area contributed by atoms with Crippen LogP contribution in [-0.2, 0) is 0 Å². The molecule has 16 heavy (non-hydrogen) atoms. The first-order chi connectivity index (χ1) is 7.68. The number of rotatable bonds is 3. The molecule has 0 amide bonds. The van der Waals surface area contributed by atoms with Crippen molar-refractivity contribution in [2.45, 2.75) is 13.0 Å². The molecule has 1 atom stereocenters. The molecular weight excluding hydrogens is 247 g/mol. The van der Waals surface area contributed by atoms with Crippen molar-refractivity contribution < 1.29 is 4.39 Å². The van der Waals surface area contributed by atoms with Crippen molar-refractivity contribution in [2.24, 2.45) is 0 Å². The predicted octanol–water partition coefficient (Wildman–Crippen LogP) is 4.11. The number of anilines is 1. The maximum absolute atomic E-state index is 13.6. The van der Waals surface area contributed by atoms with E-state index in [1.165, 1.54) is 17.4 Å². The molecule has 0 saturated heterocycles. The van der Waals surface area contributed by atoms with Crippen molar-refractivity contribution in [3.05, 3.63) is 45.6 Å². The summed E-state index contributed by atoms with van der Waals surface area (Å²) in [6.07, 6.45) is 0. The molecule has 0 spiro atoms. The summed E-state index contributed by atoms with van der Waals surface area (Å²) in [5.41, 5.74) is 3.04. The molecule has 2 aromatic rings. The van der Waals surface area contributed by atoms with Crippen LogP contribution in [0, 0.1) is 5.82 Å². The number of aromatic nitrogens is 1. The second-order valence-electron chi connectivity index (χ2n) is 3.38. The smallest absolute Gasteiger partial charge is 0.164 e. The monoisotopic (exact) mass is 256 g/mol. The summed E-state index contributed by atoms with van der Waals surface area (Å²) >= 11 is 7.21. The molecule has 1 heterocycles. The van der Waals surface area contributed by atoms with Crippen molar-refractivity contribution in [3.8, 4) is 0 Å². The van der Waals surface area contributed by atoms with Crippen LogP contribution in [0.25, 0.3) is 0 Å². The van der Waals surface area contributed by atoms with Gasteiger partial charge in [0.2, 0.25) is 0 Å². The highest BCUT2D eigenvalue weighted by Gasteiger charge is 2.11. The van der Waals surface area contributed by atoms with E-state index in [9.17, 15) is 4.39 Å². The average Bonchev–Trinajstić information content (AvgIpc) is 2.78. The van der Waals surface area contributed by atoms with Gasteiger partial charge in [-0.05, 0) is 19.1 Å². The van der Waals surface area contributed by atoms with Crippen LogP contribution in [-0.4, -0.2) is 4.98 Å². The van der Waals surface area contributed by atoms with E-state index in [0.717, 1.165) is 5.69 Å². The molecule has 0 bridgehead atoms. The molecule has 0 fully saturated rings. The van der Waals surface area contributed by atoms with Crippen LogP contribution in [0.3, 0.4) is 0 Å². The number of hydrogen-bond acceptors (Lipinski definition) is 3. The minimum atomic E-state index is -0.425. The Balaban J connectivity index is 2.18. The Morgan fingerprint density at radius 1 is 1.50 bits per heavy atom. The molecule has 0 aliphatic carbocycles. The first kappa shape index (κ1) is 11.4. The third-order valence-electron chi connectivity index (χ3n) is 2.22. The van der Waals surface area contributed by atoms with E-state index in [2.05, 4.69) is 10.3 Å². The highest BCUT2D eigenvalue weighted by Crippen LogP contribution is 2.25. The molecule has 0 aliphatic rings. The second-order valence-corrected chi connectivity index (χ2v) is 4.51. The lowest BCUT2D eigenvalue weighted by Gasteiger charge is -2.14. The van der Waals surface area contributed by atoms with Gasteiger partial charge in [-0.1, -0.05) is 17.7 Å². The summed E-state index contributed by atoms with van der Waals surface area (Å²) in [5, 5.41) is 5.09. The fourth-order valence-electron chi connectivity index (χ4n) is 1.36. The van der Waals surface area contributed by atoms with E-state index in [4.69, 9.17) is 11.6 Å². The van der Waals surface area contributed by atoms with Gasteiger partial charge in [-0.25, -0.2) is 9.37 Å². The lowest BCUT2D eigenvalue weighted by atomic mass is 10.2. The van der Waals surface area contributed by atoms with E-state index < -0.39 is 5.82 Å². The van der Waals surface area contributed by atoms with Crippen molar-refractivity contribution >= 4 is 28.6 Å². The molecule has 5 heteroatoms. The minimum absolute atomic E-state index is 0.0424. The summed E-state index contributed by atoms with van der Waals surface area (Å²) < 4.78 is 13.6. The molecular formula is C11H10ClFN2S. The quantitative estimate of drug-likeness (QED) is 0.894. The molecule has 84 valence electrons. The number of halogens is 2. The summed E-state index contributed by atoms with van der Waals surface area (Å²) in [6.45, 7) is 1.93. The zero-order valence-electron chi connectivity index (χ0n) is 8.58. The van der Waals surface area contributed by atoms with E-state index >= 15 is 0 Å². The first-order valence-corrected chi connectivity index (χ1v) is 6.09. The van der Waals surface area contributed by atoms with Crippen LogP contribution in [0.1, 0.15) is 18.7 Å². The predicted molar refractivity (Wildman–Crippen MR) is 65.6 cm³/mol. The first-order valence-electron chi connectivity index (χ1n) is 4.77. The Kier molecular flexibility index (Phi) is 3.41. The van der Waals surface area contributed by atoms with Crippen LogP contribution in [0.5, 0.6) is 0 Å². The van der Waals surface area contributed by atoms with Crippen LogP contribution in [0.15, 0.2) is 29.1 Å².